The molecule has 0 radical (unpaired) electrons. The smallest absolute Gasteiger partial charge is 0.118 e. The molecule has 1 fully saturated rings. The molecular formula is C18H19NO2. The first kappa shape index (κ1) is 12.7. The molecule has 21 heavy (non-hydrogen) atoms. The molecule has 4 rings (SSSR count). The van der Waals surface area contributed by atoms with Crippen LogP contribution in [0.4, 0.5) is 5.69 Å². The van der Waals surface area contributed by atoms with Crippen LogP contribution in [0.2, 0.25) is 0 Å². The van der Waals surface area contributed by atoms with E-state index in [1.165, 1.54) is 16.8 Å². The van der Waals surface area contributed by atoms with E-state index in [2.05, 4.69) is 41.7 Å². The summed E-state index contributed by atoms with van der Waals surface area (Å²) in [6, 6.07) is 17.2. The van der Waals surface area contributed by atoms with Crippen LogP contribution in [0.15, 0.2) is 48.5 Å². The summed E-state index contributed by atoms with van der Waals surface area (Å²) >= 11 is 0. The molecule has 3 nitrogen and oxygen atoms in total. The van der Waals surface area contributed by atoms with Gasteiger partial charge in [0.1, 0.15) is 5.75 Å². The zero-order valence-corrected chi connectivity index (χ0v) is 12.1. The van der Waals surface area contributed by atoms with Gasteiger partial charge in [-0.15, -0.1) is 0 Å². The number of anilines is 1. The summed E-state index contributed by atoms with van der Waals surface area (Å²) in [5.74, 6) is 1.39. The van der Waals surface area contributed by atoms with Gasteiger partial charge in [-0.1, -0.05) is 30.3 Å². The predicted octanol–water partition coefficient (Wildman–Crippen LogP) is 3.94. The van der Waals surface area contributed by atoms with Crippen molar-refractivity contribution in [3.8, 4) is 5.75 Å². The van der Waals surface area contributed by atoms with Gasteiger partial charge >= 0.3 is 0 Å². The molecule has 2 aromatic rings. The second kappa shape index (κ2) is 5.08. The minimum Gasteiger partial charge on any atom is -0.497 e. The molecule has 0 spiro atoms. The largest absolute Gasteiger partial charge is 0.497 e. The van der Waals surface area contributed by atoms with Crippen LogP contribution in [0.3, 0.4) is 0 Å². The first-order valence-corrected chi connectivity index (χ1v) is 7.48. The zero-order chi connectivity index (χ0) is 14.2. The Balaban J connectivity index is 1.72. The van der Waals surface area contributed by atoms with Crippen molar-refractivity contribution in [2.45, 2.75) is 18.6 Å². The highest BCUT2D eigenvalue weighted by Crippen LogP contribution is 2.49. The summed E-state index contributed by atoms with van der Waals surface area (Å²) in [5, 5.41) is 3.70. The number of hydrogen-bond donors (Lipinski definition) is 1. The molecule has 2 unspecified atom stereocenters. The topological polar surface area (TPSA) is 30.5 Å². The van der Waals surface area contributed by atoms with Crippen LogP contribution in [-0.4, -0.2) is 13.7 Å². The quantitative estimate of drug-likeness (QED) is 0.904. The lowest BCUT2D eigenvalue weighted by Crippen LogP contribution is -2.29. The Hall–Kier alpha value is -2.00. The van der Waals surface area contributed by atoms with Gasteiger partial charge in [0, 0.05) is 23.8 Å². The van der Waals surface area contributed by atoms with Gasteiger partial charge in [-0.25, -0.2) is 0 Å². The fourth-order valence-electron chi connectivity index (χ4n) is 3.56. The van der Waals surface area contributed by atoms with Crippen LogP contribution in [0, 0.1) is 5.92 Å². The average Bonchev–Trinajstić information content (AvgIpc) is 3.04. The standard InChI is InChI=1S/C18H19NO2/c1-20-13-8-6-12(7-9-13)17-15-10-11-21-18(15)14-4-2-3-5-16(14)19-17/h2-9,15,17-19H,10-11H2,1H3/t15?,17-,18?/m0/s1. The minimum atomic E-state index is 0.217. The van der Waals surface area contributed by atoms with Gasteiger partial charge in [-0.05, 0) is 30.2 Å². The third-order valence-corrected chi connectivity index (χ3v) is 4.62. The summed E-state index contributed by atoms with van der Waals surface area (Å²) < 4.78 is 11.3. The van der Waals surface area contributed by atoms with Gasteiger partial charge in [0.15, 0.2) is 0 Å². The Labute approximate surface area is 124 Å². The molecule has 2 heterocycles. The number of rotatable bonds is 2. The fraction of sp³-hybridized carbons (Fsp3) is 0.333. The lowest BCUT2D eigenvalue weighted by atomic mass is 9.81. The average molecular weight is 281 g/mol. The van der Waals surface area contributed by atoms with Crippen molar-refractivity contribution in [3.63, 3.8) is 0 Å². The Morgan fingerprint density at radius 1 is 1.10 bits per heavy atom. The summed E-state index contributed by atoms with van der Waals surface area (Å²) in [7, 11) is 1.70. The highest BCUT2D eigenvalue weighted by atomic mass is 16.5. The molecule has 0 aliphatic carbocycles. The molecular weight excluding hydrogens is 262 g/mol. The number of methoxy groups -OCH3 is 1. The van der Waals surface area contributed by atoms with Crippen LogP contribution < -0.4 is 10.1 Å². The van der Waals surface area contributed by atoms with Crippen molar-refractivity contribution in [2.24, 2.45) is 5.92 Å². The normalized spacial score (nSPS) is 26.6. The molecule has 2 aromatic carbocycles. The summed E-state index contributed by atoms with van der Waals surface area (Å²) in [6.07, 6.45) is 1.32. The van der Waals surface area contributed by atoms with E-state index in [1.807, 2.05) is 12.1 Å². The molecule has 3 heteroatoms. The van der Waals surface area contributed by atoms with Crippen molar-refractivity contribution in [1.82, 2.24) is 0 Å². The van der Waals surface area contributed by atoms with Crippen LogP contribution in [0.5, 0.6) is 5.75 Å². The first-order valence-electron chi connectivity index (χ1n) is 7.48. The second-order valence-corrected chi connectivity index (χ2v) is 5.73. The number of hydrogen-bond acceptors (Lipinski definition) is 3. The maximum absolute atomic E-state index is 6.02. The third kappa shape index (κ3) is 2.09. The van der Waals surface area contributed by atoms with E-state index in [-0.39, 0.29) is 6.10 Å². The maximum Gasteiger partial charge on any atom is 0.118 e. The van der Waals surface area contributed by atoms with Gasteiger partial charge in [0.05, 0.1) is 19.3 Å². The Kier molecular flexibility index (Phi) is 3.08. The molecule has 0 bridgehead atoms. The number of nitrogens with one attached hydrogen (secondary N) is 1. The Bertz CT molecular complexity index is 638. The molecule has 2 aliphatic rings. The molecule has 1 N–H and O–H groups in total. The number of para-hydroxylation sites is 1. The Morgan fingerprint density at radius 2 is 1.90 bits per heavy atom. The zero-order valence-electron chi connectivity index (χ0n) is 12.1. The molecule has 1 saturated heterocycles. The maximum atomic E-state index is 6.02. The van der Waals surface area contributed by atoms with E-state index in [4.69, 9.17) is 9.47 Å². The molecule has 0 aromatic heterocycles. The monoisotopic (exact) mass is 281 g/mol. The Morgan fingerprint density at radius 3 is 2.71 bits per heavy atom. The summed E-state index contributed by atoms with van der Waals surface area (Å²) in [4.78, 5) is 0. The van der Waals surface area contributed by atoms with Crippen molar-refractivity contribution >= 4 is 5.69 Å². The highest BCUT2D eigenvalue weighted by molar-refractivity contribution is 5.57. The minimum absolute atomic E-state index is 0.217. The molecule has 0 saturated carbocycles. The number of benzene rings is 2. The van der Waals surface area contributed by atoms with Crippen molar-refractivity contribution in [2.75, 3.05) is 19.0 Å². The van der Waals surface area contributed by atoms with Crippen molar-refractivity contribution in [1.29, 1.82) is 0 Å². The van der Waals surface area contributed by atoms with Gasteiger partial charge in [-0.3, -0.25) is 0 Å². The lowest BCUT2D eigenvalue weighted by molar-refractivity contribution is 0.0829. The van der Waals surface area contributed by atoms with Crippen molar-refractivity contribution in [3.05, 3.63) is 59.7 Å². The van der Waals surface area contributed by atoms with E-state index in [1.54, 1.807) is 7.11 Å². The summed E-state index contributed by atoms with van der Waals surface area (Å²) in [6.45, 7) is 0.845. The van der Waals surface area contributed by atoms with E-state index >= 15 is 0 Å². The SMILES string of the molecule is COc1ccc([C@@H]2Nc3ccccc3C3OCCC32)cc1. The fourth-order valence-corrected chi connectivity index (χ4v) is 3.56. The summed E-state index contributed by atoms with van der Waals surface area (Å²) in [5.41, 5.74) is 3.79. The van der Waals surface area contributed by atoms with Crippen LogP contribution in [0.1, 0.15) is 29.7 Å². The second-order valence-electron chi connectivity index (χ2n) is 5.73. The first-order chi connectivity index (χ1) is 10.4. The van der Waals surface area contributed by atoms with Crippen LogP contribution in [-0.2, 0) is 4.74 Å². The van der Waals surface area contributed by atoms with Gasteiger partial charge in [-0.2, -0.15) is 0 Å². The molecule has 108 valence electrons. The predicted molar refractivity (Wildman–Crippen MR) is 82.6 cm³/mol. The van der Waals surface area contributed by atoms with E-state index < -0.39 is 0 Å². The highest BCUT2D eigenvalue weighted by Gasteiger charge is 2.41. The van der Waals surface area contributed by atoms with Crippen LogP contribution in [0.25, 0.3) is 0 Å². The van der Waals surface area contributed by atoms with E-state index in [0.717, 1.165) is 18.8 Å². The lowest BCUT2D eigenvalue weighted by Gasteiger charge is -2.36. The van der Waals surface area contributed by atoms with Gasteiger partial charge in [0.25, 0.3) is 0 Å². The molecule has 0 amide bonds. The number of fused-ring (bicyclic) bond motifs is 3. The van der Waals surface area contributed by atoms with E-state index in [0.29, 0.717) is 12.0 Å². The number of ether oxygens (including phenoxy) is 2. The van der Waals surface area contributed by atoms with Gasteiger partial charge in [0.2, 0.25) is 0 Å². The molecule has 2 aliphatic heterocycles. The molecule has 3 atom stereocenters. The van der Waals surface area contributed by atoms with Crippen LogP contribution >= 0.6 is 0 Å². The third-order valence-electron chi connectivity index (χ3n) is 4.62. The van der Waals surface area contributed by atoms with Gasteiger partial charge < -0.3 is 14.8 Å². The van der Waals surface area contributed by atoms with E-state index in [9.17, 15) is 0 Å². The van der Waals surface area contributed by atoms with Crippen molar-refractivity contribution < 1.29 is 9.47 Å².